The first kappa shape index (κ1) is 10.5. The van der Waals surface area contributed by atoms with E-state index < -0.39 is 0 Å². The predicted molar refractivity (Wildman–Crippen MR) is 52.3 cm³/mol. The van der Waals surface area contributed by atoms with Crippen LogP contribution in [0.1, 0.15) is 0 Å². The number of hydrogen-bond acceptors (Lipinski definition) is 1. The molecule has 0 aliphatic carbocycles. The molecule has 0 fully saturated rings. The number of aromatic amines is 1. The Labute approximate surface area is 72.8 Å². The van der Waals surface area contributed by atoms with Gasteiger partial charge >= 0.3 is 0 Å². The molecule has 0 amide bonds. The van der Waals surface area contributed by atoms with E-state index in [9.17, 15) is 0 Å². The number of benzene rings is 1. The van der Waals surface area contributed by atoms with Gasteiger partial charge in [-0.3, -0.25) is 0 Å². The maximum atomic E-state index is 2.86. The van der Waals surface area contributed by atoms with Crippen LogP contribution in [-0.4, -0.2) is 4.98 Å². The van der Waals surface area contributed by atoms with Crippen molar-refractivity contribution in [2.45, 2.75) is 0 Å². The molecule has 0 radical (unpaired) electrons. The molecule has 2 heteroatoms. The molecule has 2 rings (SSSR count). The van der Waals surface area contributed by atoms with Crippen molar-refractivity contribution in [1.29, 1.82) is 0 Å². The zero-order chi connectivity index (χ0) is 7.78. The van der Waals surface area contributed by atoms with Crippen LogP contribution in [0, 0.1) is 0 Å². The lowest BCUT2D eigenvalue weighted by Crippen LogP contribution is -1.47. The largest absolute Gasteiger partial charge is 0.368 e. The molecule has 64 valence electrons. The van der Waals surface area contributed by atoms with Crippen LogP contribution in [0.25, 0.3) is 0 Å². The Hall–Kier alpha value is -1.54. The lowest BCUT2D eigenvalue weighted by molar-refractivity contribution is 1.42. The number of aromatic nitrogens is 1. The van der Waals surface area contributed by atoms with Crippen LogP contribution in [0.2, 0.25) is 0 Å². The van der Waals surface area contributed by atoms with Crippen LogP contribution in [0.4, 0.5) is 0 Å². The maximum Gasteiger partial charge on any atom is 0.000496 e. The quantitative estimate of drug-likeness (QED) is 0.614. The first-order valence-electron chi connectivity index (χ1n) is 3.58. The van der Waals surface area contributed by atoms with Crippen LogP contribution in [-0.2, 0) is 0 Å². The summed E-state index contributed by atoms with van der Waals surface area (Å²) in [7, 11) is 0. The highest BCUT2D eigenvalue weighted by atomic mass is 14.6. The molecule has 0 aliphatic rings. The monoisotopic (exact) mass is 162 g/mol. The highest BCUT2D eigenvalue weighted by Gasteiger charge is 1.58. The second kappa shape index (κ2) is 7.57. The summed E-state index contributed by atoms with van der Waals surface area (Å²) in [5.74, 6) is 0. The minimum Gasteiger partial charge on any atom is -0.368 e. The molecule has 12 heavy (non-hydrogen) atoms. The van der Waals surface area contributed by atoms with E-state index in [2.05, 4.69) is 4.98 Å². The van der Waals surface area contributed by atoms with Crippen molar-refractivity contribution in [3.05, 3.63) is 60.9 Å². The summed E-state index contributed by atoms with van der Waals surface area (Å²) in [6.45, 7) is 0. The number of rotatable bonds is 0. The fourth-order valence-corrected chi connectivity index (χ4v) is 0.663. The van der Waals surface area contributed by atoms with Crippen LogP contribution in [0.15, 0.2) is 60.9 Å². The van der Waals surface area contributed by atoms with Gasteiger partial charge in [-0.15, -0.1) is 0 Å². The van der Waals surface area contributed by atoms with Crippen molar-refractivity contribution in [2.24, 2.45) is 0 Å². The Bertz CT molecular complexity index is 194. The molecule has 0 bridgehead atoms. The molecule has 2 aromatic rings. The van der Waals surface area contributed by atoms with Crippen molar-refractivity contribution in [3.63, 3.8) is 0 Å². The Balaban J connectivity index is 0.000000189. The van der Waals surface area contributed by atoms with Crippen LogP contribution >= 0.6 is 0 Å². The Kier molecular flexibility index (Phi) is 6.59. The minimum absolute atomic E-state index is 0. The van der Waals surface area contributed by atoms with E-state index in [4.69, 9.17) is 0 Å². The van der Waals surface area contributed by atoms with Gasteiger partial charge in [0.25, 0.3) is 0 Å². The van der Waals surface area contributed by atoms with Gasteiger partial charge in [0.05, 0.1) is 0 Å². The van der Waals surface area contributed by atoms with Crippen molar-refractivity contribution in [2.75, 3.05) is 0 Å². The van der Waals surface area contributed by atoms with E-state index in [0.29, 0.717) is 0 Å². The second-order valence-corrected chi connectivity index (χ2v) is 2.04. The molecular weight excluding hydrogens is 148 g/mol. The molecule has 0 aliphatic heterocycles. The van der Waals surface area contributed by atoms with Crippen molar-refractivity contribution in [3.8, 4) is 0 Å². The van der Waals surface area contributed by atoms with Gasteiger partial charge in [0.15, 0.2) is 0 Å². The Morgan fingerprint density at radius 1 is 0.500 bits per heavy atom. The normalized spacial score (nSPS) is 7.33. The molecule has 2 nitrogen and oxygen atoms in total. The van der Waals surface area contributed by atoms with Gasteiger partial charge in [0.2, 0.25) is 0 Å². The van der Waals surface area contributed by atoms with E-state index in [1.807, 2.05) is 60.9 Å². The number of hydrogen-bond donors (Lipinski definition) is 2. The average molecular weight is 162 g/mol. The van der Waals surface area contributed by atoms with Gasteiger partial charge in [-0.2, -0.15) is 0 Å². The van der Waals surface area contributed by atoms with E-state index in [1.54, 1.807) is 0 Å². The Morgan fingerprint density at radius 3 is 1.00 bits per heavy atom. The van der Waals surface area contributed by atoms with Crippen molar-refractivity contribution in [1.82, 2.24) is 11.1 Å². The highest BCUT2D eigenvalue weighted by Crippen LogP contribution is 1.79. The number of nitrogens with one attached hydrogen (secondary N) is 1. The maximum absolute atomic E-state index is 2.86. The summed E-state index contributed by atoms with van der Waals surface area (Å²) in [6.07, 6.45) is 3.75. The molecule has 1 aromatic carbocycles. The molecular formula is C10H14N2. The third-order valence-electron chi connectivity index (χ3n) is 1.16. The van der Waals surface area contributed by atoms with E-state index in [-0.39, 0.29) is 6.15 Å². The molecule has 4 N–H and O–H groups in total. The van der Waals surface area contributed by atoms with Gasteiger partial charge in [-0.05, 0) is 12.1 Å². The lowest BCUT2D eigenvalue weighted by Gasteiger charge is -1.69. The summed E-state index contributed by atoms with van der Waals surface area (Å²) in [5, 5.41) is 0. The van der Waals surface area contributed by atoms with E-state index >= 15 is 0 Å². The first-order chi connectivity index (χ1) is 5.50. The third kappa shape index (κ3) is 5.26. The summed E-state index contributed by atoms with van der Waals surface area (Å²) >= 11 is 0. The van der Waals surface area contributed by atoms with Gasteiger partial charge in [-0.1, -0.05) is 36.4 Å². The summed E-state index contributed by atoms with van der Waals surface area (Å²) in [6, 6.07) is 15.9. The van der Waals surface area contributed by atoms with E-state index in [0.717, 1.165) is 0 Å². The fraction of sp³-hybridized carbons (Fsp3) is 0. The molecule has 1 heterocycles. The fourth-order valence-electron chi connectivity index (χ4n) is 0.663. The summed E-state index contributed by atoms with van der Waals surface area (Å²) in [5.41, 5.74) is 0. The molecule has 0 saturated heterocycles. The third-order valence-corrected chi connectivity index (χ3v) is 1.16. The van der Waals surface area contributed by atoms with Crippen LogP contribution in [0.3, 0.4) is 0 Å². The summed E-state index contributed by atoms with van der Waals surface area (Å²) in [4.78, 5) is 2.86. The zero-order valence-corrected chi connectivity index (χ0v) is 6.98. The van der Waals surface area contributed by atoms with Crippen molar-refractivity contribution < 1.29 is 0 Å². The van der Waals surface area contributed by atoms with Gasteiger partial charge in [0, 0.05) is 12.4 Å². The second-order valence-electron chi connectivity index (χ2n) is 2.04. The first-order valence-corrected chi connectivity index (χ1v) is 3.58. The van der Waals surface area contributed by atoms with Crippen molar-refractivity contribution >= 4 is 0 Å². The smallest absolute Gasteiger partial charge is 0.000496 e. The minimum atomic E-state index is 0. The standard InChI is InChI=1S/C6H6.C4H5N.H3N/c1-2-4-6-5-3-1;1-2-4-5-3-1;/h1-6H;1-5H;1H3. The Morgan fingerprint density at radius 2 is 0.833 bits per heavy atom. The highest BCUT2D eigenvalue weighted by molar-refractivity contribution is 4.99. The van der Waals surface area contributed by atoms with Gasteiger partial charge < -0.3 is 11.1 Å². The molecule has 0 spiro atoms. The topological polar surface area (TPSA) is 50.8 Å². The van der Waals surface area contributed by atoms with Crippen LogP contribution < -0.4 is 6.15 Å². The van der Waals surface area contributed by atoms with Crippen LogP contribution in [0.5, 0.6) is 0 Å². The predicted octanol–water partition coefficient (Wildman–Crippen LogP) is 2.86. The lowest BCUT2D eigenvalue weighted by atomic mass is 10.4. The number of H-pyrrole nitrogens is 1. The zero-order valence-electron chi connectivity index (χ0n) is 6.98. The molecule has 0 unspecified atom stereocenters. The molecule has 1 aromatic heterocycles. The molecule has 0 saturated carbocycles. The summed E-state index contributed by atoms with van der Waals surface area (Å²) < 4.78 is 0. The molecule has 0 atom stereocenters. The van der Waals surface area contributed by atoms with E-state index in [1.165, 1.54) is 0 Å². The van der Waals surface area contributed by atoms with Gasteiger partial charge in [-0.25, -0.2) is 0 Å². The van der Waals surface area contributed by atoms with Gasteiger partial charge in [0.1, 0.15) is 0 Å². The average Bonchev–Trinajstić information content (AvgIpc) is 2.64. The SMILES string of the molecule is N.c1cc[nH]c1.c1ccccc1.